The summed E-state index contributed by atoms with van der Waals surface area (Å²) in [7, 11) is 1.85. The van der Waals surface area contributed by atoms with E-state index in [1.165, 1.54) is 6.92 Å². The number of rotatable bonds is 3. The number of fused-ring (bicyclic) bond motifs is 1. The Kier molecular flexibility index (Phi) is 3.45. The maximum atomic E-state index is 11.8. The second-order valence-electron chi connectivity index (χ2n) is 4.41. The first-order valence-electron chi connectivity index (χ1n) is 5.86. The summed E-state index contributed by atoms with van der Waals surface area (Å²) in [6.45, 7) is 2.08. The number of nitrogens with zero attached hydrogens (tertiary/aromatic N) is 1. The Hall–Kier alpha value is -1.72. The van der Waals surface area contributed by atoms with Crippen molar-refractivity contribution in [3.8, 4) is 0 Å². The highest BCUT2D eigenvalue weighted by atomic mass is 16.3. The van der Waals surface area contributed by atoms with Crippen LogP contribution in [0.15, 0.2) is 18.2 Å². The molecule has 1 heterocycles. The van der Waals surface area contributed by atoms with Gasteiger partial charge in [0.15, 0.2) is 0 Å². The molecule has 2 rings (SSSR count). The molecular formula is C13H16N2O3. The minimum Gasteiger partial charge on any atom is -0.384 e. The van der Waals surface area contributed by atoms with E-state index in [2.05, 4.69) is 5.32 Å². The Balaban J connectivity index is 2.35. The first-order chi connectivity index (χ1) is 8.54. The van der Waals surface area contributed by atoms with Gasteiger partial charge in [-0.15, -0.1) is 0 Å². The summed E-state index contributed by atoms with van der Waals surface area (Å²) in [5.41, 5.74) is 2.49. The highest BCUT2D eigenvalue weighted by Crippen LogP contribution is 2.30. The van der Waals surface area contributed by atoms with Gasteiger partial charge in [-0.25, -0.2) is 4.90 Å². The lowest BCUT2D eigenvalue weighted by Crippen LogP contribution is -2.39. The van der Waals surface area contributed by atoms with Gasteiger partial charge in [0.2, 0.25) is 5.91 Å². The van der Waals surface area contributed by atoms with E-state index in [0.29, 0.717) is 12.2 Å². The molecule has 1 atom stereocenters. The number of hydrogen-bond donors (Lipinski definition) is 2. The number of aliphatic hydroxyl groups is 1. The average molecular weight is 248 g/mol. The molecule has 1 aromatic carbocycles. The van der Waals surface area contributed by atoms with Gasteiger partial charge in [-0.2, -0.15) is 0 Å². The topological polar surface area (TPSA) is 69.6 Å². The molecule has 0 saturated heterocycles. The molecule has 2 amide bonds. The van der Waals surface area contributed by atoms with Crippen molar-refractivity contribution in [2.45, 2.75) is 26.0 Å². The van der Waals surface area contributed by atoms with Crippen molar-refractivity contribution in [2.75, 3.05) is 11.9 Å². The van der Waals surface area contributed by atoms with Crippen LogP contribution in [0.2, 0.25) is 0 Å². The molecule has 1 aromatic rings. The quantitative estimate of drug-likeness (QED) is 0.802. The van der Waals surface area contributed by atoms with E-state index in [1.54, 1.807) is 6.07 Å². The molecule has 0 aliphatic carbocycles. The monoisotopic (exact) mass is 248 g/mol. The molecule has 0 spiro atoms. The molecule has 0 fully saturated rings. The Morgan fingerprint density at radius 1 is 1.56 bits per heavy atom. The molecule has 5 nitrogen and oxygen atoms in total. The van der Waals surface area contributed by atoms with Crippen LogP contribution in [0.3, 0.4) is 0 Å². The second kappa shape index (κ2) is 4.88. The van der Waals surface area contributed by atoms with Crippen LogP contribution >= 0.6 is 0 Å². The number of amides is 2. The summed E-state index contributed by atoms with van der Waals surface area (Å²) in [5, 5.41) is 12.3. The highest BCUT2D eigenvalue weighted by Gasteiger charge is 2.34. The number of benzene rings is 1. The van der Waals surface area contributed by atoms with Crippen LogP contribution in [0, 0.1) is 0 Å². The van der Waals surface area contributed by atoms with E-state index in [0.717, 1.165) is 16.0 Å². The van der Waals surface area contributed by atoms with Gasteiger partial charge in [0.1, 0.15) is 6.10 Å². The molecule has 0 saturated carbocycles. The SMILES string of the molecule is CNCc1ccc2c(c1)CC(=O)N2C(=O)C(C)O. The third-order valence-corrected chi connectivity index (χ3v) is 2.93. The van der Waals surface area contributed by atoms with Gasteiger partial charge < -0.3 is 10.4 Å². The highest BCUT2D eigenvalue weighted by molar-refractivity contribution is 6.20. The molecule has 5 heteroatoms. The van der Waals surface area contributed by atoms with Crippen LogP contribution in [0.5, 0.6) is 0 Å². The van der Waals surface area contributed by atoms with Crippen LogP contribution in [-0.4, -0.2) is 30.1 Å². The fourth-order valence-electron chi connectivity index (χ4n) is 2.12. The number of carbonyl (C=O) groups excluding carboxylic acids is 2. The van der Waals surface area contributed by atoms with Crippen LogP contribution in [-0.2, 0) is 22.6 Å². The molecule has 2 N–H and O–H groups in total. The smallest absolute Gasteiger partial charge is 0.262 e. The summed E-state index contributed by atoms with van der Waals surface area (Å²) >= 11 is 0. The summed E-state index contributed by atoms with van der Waals surface area (Å²) in [6, 6.07) is 5.54. The maximum absolute atomic E-state index is 11.8. The average Bonchev–Trinajstić information content (AvgIpc) is 2.63. The predicted octanol–water partition coefficient (Wildman–Crippen LogP) is 0.203. The second-order valence-corrected chi connectivity index (χ2v) is 4.41. The molecule has 0 radical (unpaired) electrons. The number of hydrogen-bond acceptors (Lipinski definition) is 4. The zero-order valence-electron chi connectivity index (χ0n) is 10.4. The summed E-state index contributed by atoms with van der Waals surface area (Å²) in [6.07, 6.45) is -0.956. The largest absolute Gasteiger partial charge is 0.384 e. The van der Waals surface area contributed by atoms with E-state index in [1.807, 2.05) is 19.2 Å². The third-order valence-electron chi connectivity index (χ3n) is 2.93. The lowest BCUT2D eigenvalue weighted by molar-refractivity contribution is -0.130. The van der Waals surface area contributed by atoms with Gasteiger partial charge >= 0.3 is 0 Å². The fraction of sp³-hybridized carbons (Fsp3) is 0.385. The van der Waals surface area contributed by atoms with Crippen molar-refractivity contribution in [1.82, 2.24) is 5.32 Å². The molecule has 0 bridgehead atoms. The number of aliphatic hydroxyl groups excluding tert-OH is 1. The standard InChI is InChI=1S/C13H16N2O3/c1-8(16)13(18)15-11-4-3-9(7-14-2)5-10(11)6-12(15)17/h3-5,8,14,16H,6-7H2,1-2H3. The Bertz CT molecular complexity index is 497. The normalized spacial score (nSPS) is 15.7. The van der Waals surface area contributed by atoms with Gasteiger partial charge in [0, 0.05) is 6.54 Å². The molecule has 1 unspecified atom stereocenters. The molecule has 18 heavy (non-hydrogen) atoms. The summed E-state index contributed by atoms with van der Waals surface area (Å²) in [4.78, 5) is 24.7. The number of carbonyl (C=O) groups is 2. The molecular weight excluding hydrogens is 232 g/mol. The van der Waals surface area contributed by atoms with Gasteiger partial charge in [-0.1, -0.05) is 12.1 Å². The Morgan fingerprint density at radius 3 is 2.89 bits per heavy atom. The lowest BCUT2D eigenvalue weighted by atomic mass is 10.1. The summed E-state index contributed by atoms with van der Waals surface area (Å²) < 4.78 is 0. The summed E-state index contributed by atoms with van der Waals surface area (Å²) in [5.74, 6) is -0.849. The molecule has 0 aromatic heterocycles. The van der Waals surface area contributed by atoms with Crippen LogP contribution in [0.25, 0.3) is 0 Å². The number of nitrogens with one attached hydrogen (secondary N) is 1. The van der Waals surface area contributed by atoms with E-state index >= 15 is 0 Å². The lowest BCUT2D eigenvalue weighted by Gasteiger charge is -2.17. The van der Waals surface area contributed by atoms with Crippen molar-refractivity contribution in [2.24, 2.45) is 0 Å². The maximum Gasteiger partial charge on any atom is 0.262 e. The van der Waals surface area contributed by atoms with E-state index in [4.69, 9.17) is 0 Å². The van der Waals surface area contributed by atoms with Crippen LogP contribution < -0.4 is 10.2 Å². The van der Waals surface area contributed by atoms with E-state index in [9.17, 15) is 14.7 Å². The zero-order valence-corrected chi connectivity index (χ0v) is 10.4. The predicted molar refractivity (Wildman–Crippen MR) is 67.1 cm³/mol. The first-order valence-corrected chi connectivity index (χ1v) is 5.86. The molecule has 1 aliphatic rings. The van der Waals surface area contributed by atoms with Gasteiger partial charge in [0.25, 0.3) is 5.91 Å². The Morgan fingerprint density at radius 2 is 2.28 bits per heavy atom. The van der Waals surface area contributed by atoms with Gasteiger partial charge in [-0.05, 0) is 31.2 Å². The van der Waals surface area contributed by atoms with Crippen molar-refractivity contribution in [1.29, 1.82) is 0 Å². The van der Waals surface area contributed by atoms with Crippen molar-refractivity contribution in [3.05, 3.63) is 29.3 Å². The van der Waals surface area contributed by atoms with Gasteiger partial charge in [0.05, 0.1) is 12.1 Å². The van der Waals surface area contributed by atoms with Crippen molar-refractivity contribution < 1.29 is 14.7 Å². The van der Waals surface area contributed by atoms with Crippen LogP contribution in [0.4, 0.5) is 5.69 Å². The molecule has 96 valence electrons. The van der Waals surface area contributed by atoms with E-state index < -0.39 is 12.0 Å². The van der Waals surface area contributed by atoms with Crippen molar-refractivity contribution in [3.63, 3.8) is 0 Å². The van der Waals surface area contributed by atoms with Crippen molar-refractivity contribution >= 4 is 17.5 Å². The molecule has 1 aliphatic heterocycles. The zero-order chi connectivity index (χ0) is 13.3. The van der Waals surface area contributed by atoms with Gasteiger partial charge in [-0.3, -0.25) is 9.59 Å². The number of anilines is 1. The fourth-order valence-corrected chi connectivity index (χ4v) is 2.12. The van der Waals surface area contributed by atoms with E-state index in [-0.39, 0.29) is 12.3 Å². The minimum atomic E-state index is -1.17. The minimum absolute atomic E-state index is 0.214. The third kappa shape index (κ3) is 2.14. The Labute approximate surface area is 105 Å². The first kappa shape index (κ1) is 12.7. The van der Waals surface area contributed by atoms with Crippen LogP contribution in [0.1, 0.15) is 18.1 Å². The number of imide groups is 1.